The van der Waals surface area contributed by atoms with Crippen molar-refractivity contribution in [1.82, 2.24) is 24.5 Å². The van der Waals surface area contributed by atoms with Crippen molar-refractivity contribution in [2.45, 2.75) is 18.3 Å². The molecule has 0 unspecified atom stereocenters. The molecule has 1 amide bonds. The van der Waals surface area contributed by atoms with Gasteiger partial charge in [0.05, 0.1) is 24.6 Å². The molecule has 30 heavy (non-hydrogen) atoms. The van der Waals surface area contributed by atoms with Gasteiger partial charge in [-0.05, 0) is 30.5 Å². The fourth-order valence-corrected chi connectivity index (χ4v) is 4.38. The average molecular weight is 401 g/mol. The van der Waals surface area contributed by atoms with Gasteiger partial charge < -0.3 is 14.6 Å². The number of piperidine rings is 1. The summed E-state index contributed by atoms with van der Waals surface area (Å²) in [6.45, 7) is 1.34. The Morgan fingerprint density at radius 2 is 1.90 bits per heavy atom. The number of methoxy groups -OCH3 is 1. The number of ether oxygens (including phenoxy) is 1. The first-order valence-corrected chi connectivity index (χ1v) is 10.1. The lowest BCUT2D eigenvalue weighted by Crippen LogP contribution is -2.46. The minimum atomic E-state index is -0.267. The predicted molar refractivity (Wildman–Crippen MR) is 113 cm³/mol. The summed E-state index contributed by atoms with van der Waals surface area (Å²) in [7, 11) is 1.61. The summed E-state index contributed by atoms with van der Waals surface area (Å²) in [5.74, 6) is 0.617. The lowest BCUT2D eigenvalue weighted by molar-refractivity contribution is 0.0684. The van der Waals surface area contributed by atoms with Gasteiger partial charge in [-0.15, -0.1) is 5.10 Å². The lowest BCUT2D eigenvalue weighted by Gasteiger charge is -2.41. The van der Waals surface area contributed by atoms with Crippen molar-refractivity contribution in [1.29, 1.82) is 0 Å². The first kappa shape index (κ1) is 18.4. The number of amides is 1. The molecule has 7 heteroatoms. The van der Waals surface area contributed by atoms with Gasteiger partial charge in [0.1, 0.15) is 0 Å². The van der Waals surface area contributed by atoms with E-state index in [0.29, 0.717) is 24.5 Å². The van der Waals surface area contributed by atoms with Crippen molar-refractivity contribution >= 4 is 11.6 Å². The molecule has 0 saturated carbocycles. The Labute approximate surface area is 174 Å². The number of fused-ring (bicyclic) bond motifs is 1. The van der Waals surface area contributed by atoms with Crippen LogP contribution >= 0.6 is 0 Å². The average Bonchev–Trinajstić information content (AvgIpc) is 3.49. The number of imidazole rings is 1. The number of carbonyl (C=O) groups is 1. The van der Waals surface area contributed by atoms with Crippen molar-refractivity contribution in [3.63, 3.8) is 0 Å². The van der Waals surface area contributed by atoms with Gasteiger partial charge in [-0.25, -0.2) is 9.50 Å². The summed E-state index contributed by atoms with van der Waals surface area (Å²) >= 11 is 0. The van der Waals surface area contributed by atoms with Crippen molar-refractivity contribution in [2.75, 3.05) is 20.2 Å². The van der Waals surface area contributed by atoms with Crippen molar-refractivity contribution in [3.8, 4) is 5.88 Å². The number of hydrogen-bond donors (Lipinski definition) is 1. The standard InChI is InChI=1S/C23H23N5O2/c1-30-21-8-7-20-25-19(16-28(20)26-21)23(18-5-3-2-4-6-18)10-13-27(14-11-23)22(29)17-9-12-24-15-17/h2-9,12,15-16,24H,10-11,13-14H2,1H3. The van der Waals surface area contributed by atoms with Gasteiger partial charge in [-0.3, -0.25) is 4.79 Å². The number of aromatic nitrogens is 4. The minimum absolute atomic E-state index is 0.0688. The highest BCUT2D eigenvalue weighted by Crippen LogP contribution is 2.41. The molecule has 152 valence electrons. The highest BCUT2D eigenvalue weighted by molar-refractivity contribution is 5.94. The Morgan fingerprint density at radius 3 is 2.60 bits per heavy atom. The second kappa shape index (κ2) is 7.33. The van der Waals surface area contributed by atoms with Crippen LogP contribution in [-0.2, 0) is 5.41 Å². The van der Waals surface area contributed by atoms with E-state index in [2.05, 4.69) is 34.3 Å². The molecule has 0 aliphatic carbocycles. The summed E-state index contributed by atoms with van der Waals surface area (Å²) in [5.41, 5.74) is 3.41. The molecule has 1 aromatic carbocycles. The Hall–Kier alpha value is -3.61. The van der Waals surface area contributed by atoms with Crippen LogP contribution in [0.25, 0.3) is 5.65 Å². The van der Waals surface area contributed by atoms with Crippen LogP contribution in [0.1, 0.15) is 34.5 Å². The zero-order chi connectivity index (χ0) is 20.6. The second-order valence-electron chi connectivity index (χ2n) is 7.64. The molecule has 3 aromatic heterocycles. The number of nitrogens with zero attached hydrogens (tertiary/aromatic N) is 4. The van der Waals surface area contributed by atoms with Crippen LogP contribution in [0.15, 0.2) is 67.1 Å². The molecular weight excluding hydrogens is 378 g/mol. The normalized spacial score (nSPS) is 16.0. The van der Waals surface area contributed by atoms with Gasteiger partial charge >= 0.3 is 0 Å². The van der Waals surface area contributed by atoms with E-state index >= 15 is 0 Å². The number of hydrogen-bond acceptors (Lipinski definition) is 4. The van der Waals surface area contributed by atoms with Gasteiger partial charge in [0.15, 0.2) is 5.65 Å². The summed E-state index contributed by atoms with van der Waals surface area (Å²) in [4.78, 5) is 22.6. The molecule has 7 nitrogen and oxygen atoms in total. The van der Waals surface area contributed by atoms with Crippen LogP contribution in [0.4, 0.5) is 0 Å². The zero-order valence-electron chi connectivity index (χ0n) is 16.8. The summed E-state index contributed by atoms with van der Waals surface area (Å²) in [5, 5.41) is 4.47. The number of aromatic amines is 1. The second-order valence-corrected chi connectivity index (χ2v) is 7.64. The highest BCUT2D eigenvalue weighted by Gasteiger charge is 2.41. The smallest absolute Gasteiger partial charge is 0.255 e. The fourth-order valence-electron chi connectivity index (χ4n) is 4.38. The van der Waals surface area contributed by atoms with Gasteiger partial charge in [0.25, 0.3) is 5.91 Å². The van der Waals surface area contributed by atoms with Crippen LogP contribution in [0.3, 0.4) is 0 Å². The largest absolute Gasteiger partial charge is 0.480 e. The Bertz CT molecular complexity index is 1160. The SMILES string of the molecule is COc1ccc2nc(C3(c4ccccc4)CCN(C(=O)c4cc[nH]c4)CC3)cn2n1. The third-order valence-corrected chi connectivity index (χ3v) is 6.07. The highest BCUT2D eigenvalue weighted by atomic mass is 16.5. The molecule has 1 fully saturated rings. The van der Waals surface area contributed by atoms with Gasteiger partial charge in [-0.2, -0.15) is 0 Å². The summed E-state index contributed by atoms with van der Waals surface area (Å²) in [6.07, 6.45) is 7.13. The number of carbonyl (C=O) groups excluding carboxylic acids is 1. The number of benzene rings is 1. The Balaban J connectivity index is 1.51. The van der Waals surface area contributed by atoms with Crippen molar-refractivity contribution < 1.29 is 9.53 Å². The first-order chi connectivity index (χ1) is 14.7. The molecule has 0 bridgehead atoms. The molecule has 0 radical (unpaired) electrons. The van der Waals surface area contributed by atoms with Crippen LogP contribution in [0.2, 0.25) is 0 Å². The van der Waals surface area contributed by atoms with Gasteiger partial charge in [0, 0.05) is 37.0 Å². The Kier molecular flexibility index (Phi) is 4.50. The molecular formula is C23H23N5O2. The van der Waals surface area contributed by atoms with E-state index in [1.165, 1.54) is 5.56 Å². The zero-order valence-corrected chi connectivity index (χ0v) is 16.8. The third-order valence-electron chi connectivity index (χ3n) is 6.07. The quantitative estimate of drug-likeness (QED) is 0.569. The van der Waals surface area contributed by atoms with E-state index in [1.54, 1.807) is 24.0 Å². The number of H-pyrrole nitrogens is 1. The summed E-state index contributed by atoms with van der Waals surface area (Å²) < 4.78 is 7.03. The van der Waals surface area contributed by atoms with E-state index in [9.17, 15) is 4.79 Å². The lowest BCUT2D eigenvalue weighted by atomic mass is 9.70. The molecule has 1 saturated heterocycles. The van der Waals surface area contributed by atoms with Crippen LogP contribution in [0.5, 0.6) is 5.88 Å². The number of nitrogens with one attached hydrogen (secondary N) is 1. The monoisotopic (exact) mass is 401 g/mol. The van der Waals surface area contributed by atoms with Crippen LogP contribution in [-0.4, -0.2) is 50.6 Å². The fraction of sp³-hybridized carbons (Fsp3) is 0.261. The van der Waals surface area contributed by atoms with Crippen LogP contribution in [0, 0.1) is 0 Å². The molecule has 0 spiro atoms. The molecule has 4 aromatic rings. The molecule has 0 atom stereocenters. The molecule has 5 rings (SSSR count). The van der Waals surface area contributed by atoms with E-state index in [4.69, 9.17) is 9.72 Å². The molecule has 1 N–H and O–H groups in total. The van der Waals surface area contributed by atoms with Crippen molar-refractivity contribution in [3.05, 3.63) is 83.9 Å². The van der Waals surface area contributed by atoms with Gasteiger partial charge in [-0.1, -0.05) is 30.3 Å². The number of likely N-dealkylation sites (tertiary alicyclic amines) is 1. The van der Waals surface area contributed by atoms with E-state index in [1.807, 2.05) is 35.4 Å². The van der Waals surface area contributed by atoms with Crippen LogP contribution < -0.4 is 4.74 Å². The third kappa shape index (κ3) is 3.03. The van der Waals surface area contributed by atoms with Gasteiger partial charge in [0.2, 0.25) is 5.88 Å². The number of rotatable bonds is 4. The topological polar surface area (TPSA) is 75.5 Å². The van der Waals surface area contributed by atoms with Crippen molar-refractivity contribution in [2.24, 2.45) is 0 Å². The maximum Gasteiger partial charge on any atom is 0.255 e. The first-order valence-electron chi connectivity index (χ1n) is 10.1. The maximum atomic E-state index is 12.8. The maximum absolute atomic E-state index is 12.8. The molecule has 4 heterocycles. The minimum Gasteiger partial charge on any atom is -0.480 e. The Morgan fingerprint density at radius 1 is 1.10 bits per heavy atom. The van der Waals surface area contributed by atoms with E-state index in [0.717, 1.165) is 24.2 Å². The van der Waals surface area contributed by atoms with E-state index < -0.39 is 0 Å². The molecule has 1 aliphatic heterocycles. The summed E-state index contributed by atoms with van der Waals surface area (Å²) in [6, 6.07) is 16.0. The van der Waals surface area contributed by atoms with E-state index in [-0.39, 0.29) is 11.3 Å². The molecule has 1 aliphatic rings. The predicted octanol–water partition coefficient (Wildman–Crippen LogP) is 3.29.